The van der Waals surface area contributed by atoms with Crippen LogP contribution in [0.1, 0.15) is 20.7 Å². The van der Waals surface area contributed by atoms with Gasteiger partial charge in [-0.05, 0) is 24.3 Å². The summed E-state index contributed by atoms with van der Waals surface area (Å²) in [5, 5.41) is 13.9. The highest BCUT2D eigenvalue weighted by Gasteiger charge is 2.29. The Morgan fingerprint density at radius 1 is 1.07 bits per heavy atom. The van der Waals surface area contributed by atoms with Gasteiger partial charge < -0.3 is 15.1 Å². The first kappa shape index (κ1) is 20.2. The van der Waals surface area contributed by atoms with Crippen LogP contribution in [-0.4, -0.2) is 54.9 Å². The lowest BCUT2D eigenvalue weighted by Crippen LogP contribution is -2.49. The van der Waals surface area contributed by atoms with Crippen LogP contribution in [0.4, 0.5) is 20.2 Å². The highest BCUT2D eigenvalue weighted by molar-refractivity contribution is 5.96. The number of anilines is 1. The monoisotopic (exact) mass is 404 g/mol. The number of piperazine rings is 1. The van der Waals surface area contributed by atoms with Crippen LogP contribution < -0.4 is 10.2 Å². The summed E-state index contributed by atoms with van der Waals surface area (Å²) in [5.74, 6) is -3.07. The van der Waals surface area contributed by atoms with Gasteiger partial charge in [0.15, 0.2) is 0 Å². The number of nitro benzene ring substituents is 1. The van der Waals surface area contributed by atoms with Crippen LogP contribution in [0.15, 0.2) is 36.4 Å². The van der Waals surface area contributed by atoms with Gasteiger partial charge >= 0.3 is 0 Å². The predicted molar refractivity (Wildman–Crippen MR) is 101 cm³/mol. The topological polar surface area (TPSA) is 95.8 Å². The number of hydrogen-bond acceptors (Lipinski definition) is 5. The minimum absolute atomic E-state index is 0.140. The molecule has 0 radical (unpaired) electrons. The number of nitrogens with one attached hydrogen (secondary N) is 1. The number of halogens is 2. The summed E-state index contributed by atoms with van der Waals surface area (Å²) in [6.45, 7) is 0.756. The molecule has 2 aromatic rings. The van der Waals surface area contributed by atoms with Crippen molar-refractivity contribution in [2.45, 2.75) is 0 Å². The van der Waals surface area contributed by atoms with Crippen molar-refractivity contribution in [1.82, 2.24) is 10.2 Å². The van der Waals surface area contributed by atoms with Gasteiger partial charge in [0, 0.05) is 44.9 Å². The number of benzene rings is 2. The van der Waals surface area contributed by atoms with E-state index in [1.54, 1.807) is 4.90 Å². The average molecular weight is 404 g/mol. The van der Waals surface area contributed by atoms with E-state index >= 15 is 0 Å². The summed E-state index contributed by atoms with van der Waals surface area (Å²) in [6, 6.07) is 7.37. The third kappa shape index (κ3) is 4.00. The molecule has 0 atom stereocenters. The quantitative estimate of drug-likeness (QED) is 0.623. The molecule has 1 fully saturated rings. The minimum atomic E-state index is -0.933. The van der Waals surface area contributed by atoms with Gasteiger partial charge in [-0.3, -0.25) is 19.7 Å². The number of amides is 2. The first-order chi connectivity index (χ1) is 13.8. The Hall–Kier alpha value is -3.56. The van der Waals surface area contributed by atoms with Crippen LogP contribution in [0.3, 0.4) is 0 Å². The van der Waals surface area contributed by atoms with E-state index in [4.69, 9.17) is 0 Å². The van der Waals surface area contributed by atoms with Crippen molar-refractivity contribution < 1.29 is 23.3 Å². The first-order valence-electron chi connectivity index (χ1n) is 8.82. The Morgan fingerprint density at radius 2 is 1.69 bits per heavy atom. The molecule has 2 aromatic carbocycles. The van der Waals surface area contributed by atoms with E-state index in [1.807, 2.05) is 0 Å². The van der Waals surface area contributed by atoms with E-state index in [0.29, 0.717) is 5.69 Å². The molecule has 1 aliphatic rings. The molecule has 29 heavy (non-hydrogen) atoms. The van der Waals surface area contributed by atoms with Crippen molar-refractivity contribution in [2.75, 3.05) is 38.1 Å². The Bertz CT molecular complexity index is 954. The summed E-state index contributed by atoms with van der Waals surface area (Å²) in [7, 11) is 1.43. The highest BCUT2D eigenvalue weighted by atomic mass is 19.1. The van der Waals surface area contributed by atoms with Crippen LogP contribution in [0, 0.1) is 21.7 Å². The van der Waals surface area contributed by atoms with Crippen LogP contribution in [-0.2, 0) is 0 Å². The molecule has 1 N–H and O–H groups in total. The molecule has 0 spiro atoms. The molecule has 1 aliphatic heterocycles. The fraction of sp³-hybridized carbons (Fsp3) is 0.263. The molecule has 8 nitrogen and oxygen atoms in total. The average Bonchev–Trinajstić information content (AvgIpc) is 2.72. The van der Waals surface area contributed by atoms with E-state index in [0.717, 1.165) is 12.1 Å². The van der Waals surface area contributed by atoms with Gasteiger partial charge in [-0.25, -0.2) is 8.78 Å². The zero-order valence-corrected chi connectivity index (χ0v) is 15.5. The third-order valence-corrected chi connectivity index (χ3v) is 4.75. The molecule has 3 rings (SSSR count). The number of hydrogen-bond donors (Lipinski definition) is 1. The fourth-order valence-electron chi connectivity index (χ4n) is 3.23. The van der Waals surface area contributed by atoms with Crippen LogP contribution >= 0.6 is 0 Å². The fourth-order valence-corrected chi connectivity index (χ4v) is 3.23. The summed E-state index contributed by atoms with van der Waals surface area (Å²) >= 11 is 0. The third-order valence-electron chi connectivity index (χ3n) is 4.75. The van der Waals surface area contributed by atoms with E-state index in [2.05, 4.69) is 5.32 Å². The molecule has 2 amide bonds. The molecule has 0 aromatic heterocycles. The number of carbonyl (C=O) groups is 2. The lowest BCUT2D eigenvalue weighted by atomic mass is 10.1. The second kappa shape index (κ2) is 8.21. The largest absolute Gasteiger partial charge is 0.362 e. The van der Waals surface area contributed by atoms with Crippen molar-refractivity contribution in [2.24, 2.45) is 0 Å². The summed E-state index contributed by atoms with van der Waals surface area (Å²) in [5.41, 5.74) is -0.369. The SMILES string of the molecule is CNC(=O)c1ccc(N2CCN(C(=O)c3c(F)cccc3F)CC2)c([N+](=O)[O-])c1. The first-order valence-corrected chi connectivity index (χ1v) is 8.82. The number of rotatable bonds is 4. The number of nitro groups is 1. The molecule has 1 saturated heterocycles. The summed E-state index contributed by atoms with van der Waals surface area (Å²) in [4.78, 5) is 38.1. The van der Waals surface area contributed by atoms with Gasteiger partial charge in [0.2, 0.25) is 0 Å². The molecular weight excluding hydrogens is 386 g/mol. The lowest BCUT2D eigenvalue weighted by molar-refractivity contribution is -0.384. The van der Waals surface area contributed by atoms with Crippen molar-refractivity contribution in [3.63, 3.8) is 0 Å². The molecule has 152 valence electrons. The summed E-state index contributed by atoms with van der Waals surface area (Å²) < 4.78 is 27.7. The van der Waals surface area contributed by atoms with Gasteiger partial charge in [-0.1, -0.05) is 6.07 Å². The molecule has 0 bridgehead atoms. The normalized spacial score (nSPS) is 13.9. The standard InChI is InChI=1S/C19H18F2N4O4/c1-22-18(26)12-5-6-15(16(11-12)25(28)29)23-7-9-24(10-8-23)19(27)17-13(20)3-2-4-14(17)21/h2-6,11H,7-10H2,1H3,(H,22,26). The van der Waals surface area contributed by atoms with E-state index in [1.165, 1.54) is 36.2 Å². The Morgan fingerprint density at radius 3 is 2.24 bits per heavy atom. The van der Waals surface area contributed by atoms with Crippen molar-refractivity contribution in [3.8, 4) is 0 Å². The smallest absolute Gasteiger partial charge is 0.293 e. The Kier molecular flexibility index (Phi) is 5.71. The minimum Gasteiger partial charge on any atom is -0.362 e. The van der Waals surface area contributed by atoms with Crippen molar-refractivity contribution >= 4 is 23.2 Å². The van der Waals surface area contributed by atoms with Gasteiger partial charge in [0.25, 0.3) is 17.5 Å². The second-order valence-electron chi connectivity index (χ2n) is 6.42. The van der Waals surface area contributed by atoms with Crippen LogP contribution in [0.25, 0.3) is 0 Å². The molecule has 0 saturated carbocycles. The van der Waals surface area contributed by atoms with Gasteiger partial charge in [0.05, 0.1) is 4.92 Å². The van der Waals surface area contributed by atoms with Crippen LogP contribution in [0.2, 0.25) is 0 Å². The van der Waals surface area contributed by atoms with E-state index in [9.17, 15) is 28.5 Å². The molecule has 0 aliphatic carbocycles. The Balaban J connectivity index is 1.78. The van der Waals surface area contributed by atoms with Crippen LogP contribution in [0.5, 0.6) is 0 Å². The lowest BCUT2D eigenvalue weighted by Gasteiger charge is -2.36. The van der Waals surface area contributed by atoms with Gasteiger partial charge in [0.1, 0.15) is 22.9 Å². The van der Waals surface area contributed by atoms with Gasteiger partial charge in [-0.2, -0.15) is 0 Å². The molecular formula is C19H18F2N4O4. The highest BCUT2D eigenvalue weighted by Crippen LogP contribution is 2.30. The summed E-state index contributed by atoms with van der Waals surface area (Å²) in [6.07, 6.45) is 0. The predicted octanol–water partition coefficient (Wildman–Crippen LogP) is 2.20. The maximum Gasteiger partial charge on any atom is 0.293 e. The zero-order chi connectivity index (χ0) is 21.1. The van der Waals surface area contributed by atoms with Crippen molar-refractivity contribution in [3.05, 3.63) is 69.3 Å². The second-order valence-corrected chi connectivity index (χ2v) is 6.42. The van der Waals surface area contributed by atoms with E-state index < -0.39 is 33.9 Å². The molecule has 10 heteroatoms. The number of nitrogens with zero attached hydrogens (tertiary/aromatic N) is 3. The maximum absolute atomic E-state index is 13.9. The number of carbonyl (C=O) groups excluding carboxylic acids is 2. The zero-order valence-electron chi connectivity index (χ0n) is 15.5. The maximum atomic E-state index is 13.9. The van der Waals surface area contributed by atoms with Gasteiger partial charge in [-0.15, -0.1) is 0 Å². The molecule has 1 heterocycles. The van der Waals surface area contributed by atoms with Crippen molar-refractivity contribution in [1.29, 1.82) is 0 Å². The molecule has 0 unspecified atom stereocenters. The Labute approximate surface area is 164 Å². The van der Waals surface area contributed by atoms with E-state index in [-0.39, 0.29) is 37.4 Å².